The Labute approximate surface area is 73.9 Å². The summed E-state index contributed by atoms with van der Waals surface area (Å²) in [4.78, 5) is 0. The summed E-state index contributed by atoms with van der Waals surface area (Å²) in [6.07, 6.45) is 0. The van der Waals surface area contributed by atoms with Gasteiger partial charge in [0.05, 0.1) is 16.4 Å². The highest BCUT2D eigenvalue weighted by Gasteiger charge is 1.99. The maximum Gasteiger partial charge on any atom is 0.0673 e. The molecule has 12 heavy (non-hydrogen) atoms. The lowest BCUT2D eigenvalue weighted by Gasteiger charge is -2.21. The molecule has 0 aliphatic heterocycles. The number of hydrogen-bond donors (Lipinski definition) is 3. The van der Waals surface area contributed by atoms with Gasteiger partial charge < -0.3 is 15.9 Å². The molecule has 1 aromatic rings. The van der Waals surface area contributed by atoms with Crippen LogP contribution in [0.2, 0.25) is 5.02 Å². The second-order valence-corrected chi connectivity index (χ2v) is 2.49. The van der Waals surface area contributed by atoms with E-state index in [9.17, 15) is 5.21 Å². The van der Waals surface area contributed by atoms with Gasteiger partial charge in [-0.3, -0.25) is 11.0 Å². The first kappa shape index (κ1) is 9.08. The molecular formula is C6H7ClN3O2-. The fourth-order valence-electron chi connectivity index (χ4n) is 0.740. The quantitative estimate of drug-likeness (QED) is 0.482. The van der Waals surface area contributed by atoms with Crippen molar-refractivity contribution in [2.24, 2.45) is 5.84 Å². The zero-order valence-corrected chi connectivity index (χ0v) is 6.75. The minimum absolute atomic E-state index is 0.0546. The van der Waals surface area contributed by atoms with Crippen LogP contribution in [0.25, 0.3) is 0 Å². The van der Waals surface area contributed by atoms with Gasteiger partial charge in [-0.2, -0.15) is 0 Å². The van der Waals surface area contributed by atoms with Crippen LogP contribution in [0.5, 0.6) is 0 Å². The lowest BCUT2D eigenvalue weighted by atomic mass is 10.3. The molecule has 5 nitrogen and oxygen atoms in total. The third-order valence-electron chi connectivity index (χ3n) is 1.33. The van der Waals surface area contributed by atoms with Gasteiger partial charge in [-0.1, -0.05) is 11.6 Å². The van der Waals surface area contributed by atoms with E-state index in [0.29, 0.717) is 5.69 Å². The van der Waals surface area contributed by atoms with E-state index in [2.05, 4.69) is 5.43 Å². The number of nitrogen functional groups attached to an aromatic ring is 1. The number of hydrogen-bond acceptors (Lipinski definition) is 5. The molecular weight excluding hydrogens is 182 g/mol. The lowest BCUT2D eigenvalue weighted by Crippen LogP contribution is -2.09. The smallest absolute Gasteiger partial charge is 0.0673 e. The van der Waals surface area contributed by atoms with Crippen molar-refractivity contribution in [2.45, 2.75) is 0 Å². The van der Waals surface area contributed by atoms with Crippen molar-refractivity contribution >= 4 is 23.0 Å². The van der Waals surface area contributed by atoms with Crippen LogP contribution in [0.1, 0.15) is 0 Å². The first-order valence-corrected chi connectivity index (χ1v) is 3.45. The molecule has 1 aromatic carbocycles. The zero-order chi connectivity index (χ0) is 9.14. The highest BCUT2D eigenvalue weighted by Crippen LogP contribution is 2.25. The summed E-state index contributed by atoms with van der Waals surface area (Å²) < 4.78 is 0. The van der Waals surface area contributed by atoms with Crippen LogP contribution in [-0.4, -0.2) is 5.21 Å². The molecule has 0 aromatic heterocycles. The van der Waals surface area contributed by atoms with Crippen molar-refractivity contribution in [3.05, 3.63) is 28.4 Å². The van der Waals surface area contributed by atoms with Gasteiger partial charge in [-0.05, 0) is 18.2 Å². The topological polar surface area (TPSA) is 84.6 Å². The van der Waals surface area contributed by atoms with Crippen molar-refractivity contribution in [2.75, 3.05) is 10.7 Å². The van der Waals surface area contributed by atoms with Gasteiger partial charge in [0.25, 0.3) is 0 Å². The fourth-order valence-corrected chi connectivity index (χ4v) is 0.969. The van der Waals surface area contributed by atoms with Crippen LogP contribution in [-0.2, 0) is 0 Å². The van der Waals surface area contributed by atoms with Crippen LogP contribution in [0.4, 0.5) is 11.4 Å². The third kappa shape index (κ3) is 1.77. The summed E-state index contributed by atoms with van der Waals surface area (Å²) in [6, 6.07) is 4.16. The molecule has 0 bridgehead atoms. The number of anilines is 2. The van der Waals surface area contributed by atoms with Gasteiger partial charge in [-0.25, -0.2) is 0 Å². The van der Waals surface area contributed by atoms with E-state index in [4.69, 9.17) is 22.7 Å². The highest BCUT2D eigenvalue weighted by molar-refractivity contribution is 6.33. The Morgan fingerprint density at radius 2 is 2.25 bits per heavy atom. The van der Waals surface area contributed by atoms with Crippen molar-refractivity contribution in [1.82, 2.24) is 0 Å². The van der Waals surface area contributed by atoms with Gasteiger partial charge >= 0.3 is 0 Å². The van der Waals surface area contributed by atoms with Crippen LogP contribution in [0.3, 0.4) is 0 Å². The number of nitrogens with one attached hydrogen (secondary N) is 1. The molecule has 0 unspecified atom stereocenters. The molecule has 0 saturated carbocycles. The van der Waals surface area contributed by atoms with Gasteiger partial charge in [0, 0.05) is 0 Å². The molecule has 0 aliphatic carbocycles. The second kappa shape index (κ2) is 3.59. The molecule has 6 heteroatoms. The minimum atomic E-state index is -0.272. The Bertz CT molecular complexity index is 279. The number of nitrogens with zero attached hydrogens (tertiary/aromatic N) is 1. The normalized spacial score (nSPS) is 9.67. The first-order chi connectivity index (χ1) is 5.65. The average molecular weight is 189 g/mol. The summed E-state index contributed by atoms with van der Waals surface area (Å²) in [5.41, 5.74) is 2.87. The maximum atomic E-state index is 10.4. The number of benzene rings is 1. The molecule has 4 N–H and O–H groups in total. The molecule has 0 amide bonds. The Hall–Kier alpha value is -1.01. The molecule has 0 atom stereocenters. The van der Waals surface area contributed by atoms with E-state index in [1.54, 1.807) is 0 Å². The van der Waals surface area contributed by atoms with Crippen LogP contribution < -0.4 is 16.5 Å². The monoisotopic (exact) mass is 188 g/mol. The summed E-state index contributed by atoms with van der Waals surface area (Å²) in [6.45, 7) is 0. The molecule has 0 heterocycles. The molecule has 1 rings (SSSR count). The number of nitrogens with two attached hydrogens (primary N) is 1. The average Bonchev–Trinajstić information content (AvgIpc) is 2.04. The Kier molecular flexibility index (Phi) is 2.72. The number of hydrazine groups is 1. The van der Waals surface area contributed by atoms with E-state index in [1.807, 2.05) is 0 Å². The highest BCUT2D eigenvalue weighted by atomic mass is 35.5. The van der Waals surface area contributed by atoms with Crippen molar-refractivity contribution < 1.29 is 5.21 Å². The van der Waals surface area contributed by atoms with Gasteiger partial charge in [0.1, 0.15) is 0 Å². The van der Waals surface area contributed by atoms with E-state index < -0.39 is 0 Å². The largest absolute Gasteiger partial charge is 0.733 e. The minimum Gasteiger partial charge on any atom is -0.733 e. The zero-order valence-electron chi connectivity index (χ0n) is 5.99. The molecule has 0 radical (unpaired) electrons. The van der Waals surface area contributed by atoms with E-state index >= 15 is 0 Å². The summed E-state index contributed by atoms with van der Waals surface area (Å²) >= 11 is 5.65. The molecule has 66 valence electrons. The fraction of sp³-hybridized carbons (Fsp3) is 0. The maximum absolute atomic E-state index is 10.4. The Balaban J connectivity index is 3.02. The Morgan fingerprint density at radius 1 is 1.58 bits per heavy atom. The molecule has 0 saturated heterocycles. The summed E-state index contributed by atoms with van der Waals surface area (Å²) in [5.74, 6) is 5.09. The Morgan fingerprint density at radius 3 is 2.67 bits per heavy atom. The van der Waals surface area contributed by atoms with Crippen molar-refractivity contribution in [3.63, 3.8) is 0 Å². The SMILES string of the molecule is NNc1ccc(N([O-])O)cc1Cl. The first-order valence-electron chi connectivity index (χ1n) is 3.07. The lowest BCUT2D eigenvalue weighted by molar-refractivity contribution is 0.296. The second-order valence-electron chi connectivity index (χ2n) is 2.08. The van der Waals surface area contributed by atoms with E-state index in [-0.39, 0.29) is 15.9 Å². The van der Waals surface area contributed by atoms with Crippen molar-refractivity contribution in [3.8, 4) is 0 Å². The molecule has 0 aliphatic rings. The van der Waals surface area contributed by atoms with Crippen molar-refractivity contribution in [1.29, 1.82) is 0 Å². The summed E-state index contributed by atoms with van der Waals surface area (Å²) in [7, 11) is 0. The predicted molar refractivity (Wildman–Crippen MR) is 46.9 cm³/mol. The standard InChI is InChI=1S/C6H7ClN3O2/c7-5-3-4(10(11)12)1-2-6(5)9-8/h1-3,9,11H,8H2/q-1. The molecule has 0 fully saturated rings. The third-order valence-corrected chi connectivity index (χ3v) is 1.64. The van der Waals surface area contributed by atoms with Gasteiger partial charge in [0.15, 0.2) is 0 Å². The number of halogens is 1. The van der Waals surface area contributed by atoms with Crippen LogP contribution >= 0.6 is 11.6 Å². The van der Waals surface area contributed by atoms with Gasteiger partial charge in [-0.15, -0.1) is 0 Å². The molecule has 0 spiro atoms. The number of rotatable bonds is 2. The van der Waals surface area contributed by atoms with Crippen LogP contribution in [0.15, 0.2) is 18.2 Å². The van der Waals surface area contributed by atoms with Crippen LogP contribution in [0, 0.1) is 5.21 Å². The van der Waals surface area contributed by atoms with Gasteiger partial charge in [0.2, 0.25) is 0 Å². The van der Waals surface area contributed by atoms with E-state index in [1.165, 1.54) is 18.2 Å². The predicted octanol–water partition coefficient (Wildman–Crippen LogP) is 1.32. The summed E-state index contributed by atoms with van der Waals surface area (Å²) in [5, 5.41) is 18.8. The van der Waals surface area contributed by atoms with E-state index in [0.717, 1.165) is 0 Å².